The van der Waals surface area contributed by atoms with Crippen LogP contribution in [0, 0.1) is 0 Å². The van der Waals surface area contributed by atoms with Crippen molar-refractivity contribution in [3.05, 3.63) is 29.3 Å². The molecule has 0 amide bonds. The van der Waals surface area contributed by atoms with E-state index in [4.69, 9.17) is 4.74 Å². The second-order valence-corrected chi connectivity index (χ2v) is 4.19. The van der Waals surface area contributed by atoms with Crippen LogP contribution in [0.5, 0.6) is 5.75 Å². The van der Waals surface area contributed by atoms with Crippen LogP contribution in [-0.4, -0.2) is 27.5 Å². The summed E-state index contributed by atoms with van der Waals surface area (Å²) in [7, 11) is 0. The number of aliphatic hydroxyl groups excluding tert-OH is 2. The number of phenols is 1. The van der Waals surface area contributed by atoms with Gasteiger partial charge in [0.15, 0.2) is 0 Å². The van der Waals surface area contributed by atoms with E-state index in [0.29, 0.717) is 17.5 Å². The van der Waals surface area contributed by atoms with E-state index in [-0.39, 0.29) is 12.4 Å². The summed E-state index contributed by atoms with van der Waals surface area (Å²) in [5.41, 5.74) is 1.29. The van der Waals surface area contributed by atoms with Crippen molar-refractivity contribution >= 4 is 0 Å². The van der Waals surface area contributed by atoms with Gasteiger partial charge in [0.05, 0.1) is 24.9 Å². The van der Waals surface area contributed by atoms with E-state index in [9.17, 15) is 15.3 Å². The number of phenolic OH excluding ortho intramolecular Hbond substituents is 1. The van der Waals surface area contributed by atoms with Crippen molar-refractivity contribution in [1.29, 1.82) is 0 Å². The molecule has 0 aliphatic carbocycles. The first kappa shape index (κ1) is 11.4. The molecular weight excluding hydrogens is 208 g/mol. The fraction of sp³-hybridized carbons (Fsp3) is 0.500. The molecule has 0 saturated heterocycles. The molecule has 0 spiro atoms. The van der Waals surface area contributed by atoms with Crippen LogP contribution in [0.15, 0.2) is 18.2 Å². The van der Waals surface area contributed by atoms with Crippen LogP contribution in [0.4, 0.5) is 0 Å². The fourth-order valence-corrected chi connectivity index (χ4v) is 2.00. The Morgan fingerprint density at radius 3 is 2.88 bits per heavy atom. The predicted molar refractivity (Wildman–Crippen MR) is 57.9 cm³/mol. The maximum atomic E-state index is 9.98. The highest BCUT2D eigenvalue weighted by Gasteiger charge is 2.27. The molecule has 0 saturated carbocycles. The Balaban J connectivity index is 2.32. The minimum absolute atomic E-state index is 0.128. The van der Waals surface area contributed by atoms with Gasteiger partial charge in [-0.25, -0.2) is 0 Å². The largest absolute Gasteiger partial charge is 0.508 e. The van der Waals surface area contributed by atoms with Crippen molar-refractivity contribution in [2.24, 2.45) is 0 Å². The average Bonchev–Trinajstić information content (AvgIpc) is 2.40. The molecule has 1 heterocycles. The number of hydrogen-bond acceptors (Lipinski definition) is 4. The van der Waals surface area contributed by atoms with Gasteiger partial charge in [0.25, 0.3) is 0 Å². The van der Waals surface area contributed by atoms with E-state index in [2.05, 4.69) is 0 Å². The van der Waals surface area contributed by atoms with Crippen LogP contribution < -0.4 is 0 Å². The minimum Gasteiger partial charge on any atom is -0.508 e. The normalized spacial score (nSPS) is 26.9. The van der Waals surface area contributed by atoms with Gasteiger partial charge in [-0.15, -0.1) is 0 Å². The molecule has 16 heavy (non-hydrogen) atoms. The molecule has 4 heteroatoms. The smallest absolute Gasteiger partial charge is 0.121 e. The zero-order valence-electron chi connectivity index (χ0n) is 9.13. The maximum absolute atomic E-state index is 9.98. The summed E-state index contributed by atoms with van der Waals surface area (Å²) in [6, 6.07) is 5.03. The second-order valence-electron chi connectivity index (χ2n) is 4.19. The van der Waals surface area contributed by atoms with Gasteiger partial charge in [-0.3, -0.25) is 0 Å². The predicted octanol–water partition coefficient (Wildman–Crippen LogP) is 1.10. The lowest BCUT2D eigenvalue weighted by Gasteiger charge is -2.19. The summed E-state index contributed by atoms with van der Waals surface area (Å²) in [6.07, 6.45) is -1.40. The van der Waals surface area contributed by atoms with Gasteiger partial charge >= 0.3 is 0 Å². The lowest BCUT2D eigenvalue weighted by molar-refractivity contribution is -0.0536. The zero-order chi connectivity index (χ0) is 11.7. The Kier molecular flexibility index (Phi) is 3.14. The van der Waals surface area contributed by atoms with Crippen LogP contribution in [0.3, 0.4) is 0 Å². The van der Waals surface area contributed by atoms with Crippen LogP contribution >= 0.6 is 0 Å². The van der Waals surface area contributed by atoms with Gasteiger partial charge in [-0.05, 0) is 18.6 Å². The van der Waals surface area contributed by atoms with Gasteiger partial charge in [-0.1, -0.05) is 12.1 Å². The zero-order valence-corrected chi connectivity index (χ0v) is 9.13. The molecule has 0 aromatic heterocycles. The lowest BCUT2D eigenvalue weighted by atomic mass is 9.98. The molecule has 4 nitrogen and oxygen atoms in total. The van der Waals surface area contributed by atoms with Crippen LogP contribution in [0.25, 0.3) is 0 Å². The Bertz CT molecular complexity index is 375. The highest BCUT2D eigenvalue weighted by atomic mass is 16.5. The Morgan fingerprint density at radius 2 is 2.19 bits per heavy atom. The standard InChI is InChI=1S/C12H16O4/c1-7(13)12-5-11(15)8-3-2-4-10(14)9(8)6-16-12/h2-4,7,11-15H,5-6H2,1H3/t7-,11-,12-/m0/s1. The molecule has 0 radical (unpaired) electrons. The first-order valence-corrected chi connectivity index (χ1v) is 5.38. The minimum atomic E-state index is -0.704. The molecule has 1 aromatic carbocycles. The topological polar surface area (TPSA) is 69.9 Å². The summed E-state index contributed by atoms with van der Waals surface area (Å²) < 4.78 is 5.47. The van der Waals surface area contributed by atoms with Crippen molar-refractivity contribution in [2.45, 2.75) is 38.3 Å². The molecule has 0 unspecified atom stereocenters. The number of rotatable bonds is 1. The summed E-state index contributed by atoms with van der Waals surface area (Å²) in [6.45, 7) is 1.85. The molecule has 3 N–H and O–H groups in total. The monoisotopic (exact) mass is 224 g/mol. The number of fused-ring (bicyclic) bond motifs is 1. The Hall–Kier alpha value is -1.10. The third-order valence-electron chi connectivity index (χ3n) is 2.98. The number of benzene rings is 1. The van der Waals surface area contributed by atoms with Crippen molar-refractivity contribution in [2.75, 3.05) is 0 Å². The summed E-state index contributed by atoms with van der Waals surface area (Å²) in [4.78, 5) is 0. The first-order valence-electron chi connectivity index (χ1n) is 5.38. The Morgan fingerprint density at radius 1 is 1.44 bits per heavy atom. The molecule has 3 atom stereocenters. The van der Waals surface area contributed by atoms with Crippen LogP contribution in [0.2, 0.25) is 0 Å². The van der Waals surface area contributed by atoms with E-state index in [1.165, 1.54) is 0 Å². The lowest BCUT2D eigenvalue weighted by Crippen LogP contribution is -2.26. The Labute approximate surface area is 94.1 Å². The molecule has 1 aliphatic heterocycles. The average molecular weight is 224 g/mol. The molecule has 1 aliphatic rings. The molecule has 88 valence electrons. The molecular formula is C12H16O4. The second kappa shape index (κ2) is 4.41. The van der Waals surface area contributed by atoms with E-state index < -0.39 is 18.3 Å². The van der Waals surface area contributed by atoms with Crippen LogP contribution in [0.1, 0.15) is 30.6 Å². The van der Waals surface area contributed by atoms with E-state index >= 15 is 0 Å². The summed E-state index contributed by atoms with van der Waals surface area (Å²) in [5.74, 6) is 0.128. The number of aromatic hydroxyl groups is 1. The number of aliphatic hydroxyl groups is 2. The number of ether oxygens (including phenoxy) is 1. The van der Waals surface area contributed by atoms with E-state index in [1.54, 1.807) is 25.1 Å². The van der Waals surface area contributed by atoms with E-state index in [1.807, 2.05) is 0 Å². The van der Waals surface area contributed by atoms with Crippen molar-refractivity contribution in [3.63, 3.8) is 0 Å². The molecule has 0 bridgehead atoms. The third-order valence-corrected chi connectivity index (χ3v) is 2.98. The number of hydrogen-bond donors (Lipinski definition) is 3. The maximum Gasteiger partial charge on any atom is 0.121 e. The highest BCUT2D eigenvalue weighted by Crippen LogP contribution is 2.33. The van der Waals surface area contributed by atoms with Gasteiger partial charge in [-0.2, -0.15) is 0 Å². The van der Waals surface area contributed by atoms with Gasteiger partial charge < -0.3 is 20.1 Å². The van der Waals surface area contributed by atoms with Crippen molar-refractivity contribution in [3.8, 4) is 5.75 Å². The van der Waals surface area contributed by atoms with Gasteiger partial charge in [0, 0.05) is 12.0 Å². The van der Waals surface area contributed by atoms with Crippen LogP contribution in [-0.2, 0) is 11.3 Å². The molecule has 0 fully saturated rings. The van der Waals surface area contributed by atoms with Crippen molar-refractivity contribution in [1.82, 2.24) is 0 Å². The first-order chi connectivity index (χ1) is 7.59. The quantitative estimate of drug-likeness (QED) is 0.668. The van der Waals surface area contributed by atoms with Gasteiger partial charge in [0.2, 0.25) is 0 Å². The summed E-state index contributed by atoms with van der Waals surface area (Å²) in [5, 5.41) is 29.1. The summed E-state index contributed by atoms with van der Waals surface area (Å²) >= 11 is 0. The highest BCUT2D eigenvalue weighted by molar-refractivity contribution is 5.40. The fourth-order valence-electron chi connectivity index (χ4n) is 2.00. The molecule has 2 rings (SSSR count). The SMILES string of the molecule is C[C@H](O)[C@@H]1C[C@H](O)c2cccc(O)c2CO1. The van der Waals surface area contributed by atoms with E-state index in [0.717, 1.165) is 0 Å². The van der Waals surface area contributed by atoms with Gasteiger partial charge in [0.1, 0.15) is 5.75 Å². The molecule has 1 aromatic rings. The third kappa shape index (κ3) is 2.04. The van der Waals surface area contributed by atoms with Crippen molar-refractivity contribution < 1.29 is 20.1 Å².